The van der Waals surface area contributed by atoms with Crippen LogP contribution in [0.15, 0.2) is 12.3 Å². The maximum absolute atomic E-state index is 11.8. The largest absolute Gasteiger partial charge is 0.508 e. The van der Waals surface area contributed by atoms with Crippen LogP contribution in [0.4, 0.5) is 10.6 Å². The number of hydrogen-bond acceptors (Lipinski definition) is 8. The first-order chi connectivity index (χ1) is 13.9. The molecule has 0 saturated carbocycles. The molecule has 156 valence electrons. The van der Waals surface area contributed by atoms with E-state index in [2.05, 4.69) is 15.9 Å². The van der Waals surface area contributed by atoms with Gasteiger partial charge in [-0.15, -0.1) is 6.42 Å². The molecule has 2 aromatic rings. The van der Waals surface area contributed by atoms with Crippen LogP contribution in [-0.4, -0.2) is 50.7 Å². The van der Waals surface area contributed by atoms with E-state index in [1.807, 2.05) is 6.92 Å². The quantitative estimate of drug-likeness (QED) is 0.302. The lowest BCUT2D eigenvalue weighted by Gasteiger charge is -2.26. The Balaban J connectivity index is 1.70. The lowest BCUT2D eigenvalue weighted by atomic mass is 9.99. The molecule has 10 heteroatoms. The van der Waals surface area contributed by atoms with E-state index in [9.17, 15) is 9.90 Å². The number of aliphatic hydroxyl groups excluding tert-OH is 1. The summed E-state index contributed by atoms with van der Waals surface area (Å²) in [6.45, 7) is 1.97. The second-order valence-corrected chi connectivity index (χ2v) is 7.13. The summed E-state index contributed by atoms with van der Waals surface area (Å²) < 4.78 is 17.7. The summed E-state index contributed by atoms with van der Waals surface area (Å²) in [4.78, 5) is 19.9. The number of ether oxygens (including phenoxy) is 3. The number of aliphatic hydroxyl groups is 1. The van der Waals surface area contributed by atoms with E-state index in [4.69, 9.17) is 38.0 Å². The van der Waals surface area contributed by atoms with Crippen molar-refractivity contribution in [2.75, 3.05) is 18.9 Å². The Morgan fingerprint density at radius 2 is 2.31 bits per heavy atom. The molecule has 0 radical (unpaired) electrons. The highest BCUT2D eigenvalue weighted by Gasteiger charge is 2.49. The molecule has 1 aliphatic rings. The van der Waals surface area contributed by atoms with E-state index < -0.39 is 24.1 Å². The Morgan fingerprint density at radius 3 is 3.03 bits per heavy atom. The fourth-order valence-corrected chi connectivity index (χ4v) is 3.37. The van der Waals surface area contributed by atoms with E-state index in [0.717, 1.165) is 19.3 Å². The predicted molar refractivity (Wildman–Crippen MR) is 106 cm³/mol. The van der Waals surface area contributed by atoms with Crippen LogP contribution >= 0.6 is 11.6 Å². The summed E-state index contributed by atoms with van der Waals surface area (Å²) >= 11 is 5.91. The number of carbonyl (C=O) groups is 1. The number of anilines is 1. The van der Waals surface area contributed by atoms with E-state index in [1.165, 1.54) is 0 Å². The molecule has 0 aliphatic carbocycles. The van der Waals surface area contributed by atoms with Crippen molar-refractivity contribution >= 4 is 34.6 Å². The summed E-state index contributed by atoms with van der Waals surface area (Å²) in [5, 5.41) is 11.1. The predicted octanol–water partition coefficient (Wildman–Crippen LogP) is 2.66. The molecule has 1 aliphatic heterocycles. The first-order valence-corrected chi connectivity index (χ1v) is 9.70. The number of halogens is 1. The number of fused-ring (bicyclic) bond motifs is 1. The van der Waals surface area contributed by atoms with Gasteiger partial charge in [0.2, 0.25) is 5.28 Å². The van der Waals surface area contributed by atoms with Gasteiger partial charge < -0.3 is 29.6 Å². The fourth-order valence-electron chi connectivity index (χ4n) is 3.20. The highest BCUT2D eigenvalue weighted by atomic mass is 35.5. The van der Waals surface area contributed by atoms with Crippen LogP contribution in [0.5, 0.6) is 0 Å². The number of hydrogen-bond donors (Lipinski definition) is 2. The van der Waals surface area contributed by atoms with Gasteiger partial charge in [-0.05, 0) is 24.1 Å². The molecular weight excluding hydrogens is 400 g/mol. The minimum absolute atomic E-state index is 0.00846. The molecule has 3 N–H and O–H groups in total. The number of nitrogen functional groups attached to an aromatic ring is 1. The van der Waals surface area contributed by atoms with E-state index in [1.54, 1.807) is 16.8 Å². The highest BCUT2D eigenvalue weighted by molar-refractivity contribution is 6.28. The number of carbonyl (C=O) groups excluding carboxylic acids is 1. The van der Waals surface area contributed by atoms with Gasteiger partial charge in [-0.2, -0.15) is 4.98 Å². The van der Waals surface area contributed by atoms with E-state index in [0.29, 0.717) is 11.0 Å². The maximum Gasteiger partial charge on any atom is 0.508 e. The SMILES string of the molecule is C#C[C@]1(COC(=O)OCCCCC)O[C@@H](n2ccc3c(N)nc(Cl)nc32)C[C@@H]1O. The molecule has 1 saturated heterocycles. The van der Waals surface area contributed by atoms with Crippen LogP contribution < -0.4 is 5.73 Å². The van der Waals surface area contributed by atoms with Crippen LogP contribution in [0.3, 0.4) is 0 Å². The van der Waals surface area contributed by atoms with Gasteiger partial charge in [0.25, 0.3) is 0 Å². The van der Waals surface area contributed by atoms with Crippen LogP contribution in [-0.2, 0) is 14.2 Å². The zero-order valence-electron chi connectivity index (χ0n) is 16.0. The number of nitrogens with two attached hydrogens (primary N) is 1. The first kappa shape index (κ1) is 21.2. The second-order valence-electron chi connectivity index (χ2n) is 6.79. The molecule has 3 atom stereocenters. The Hall–Kier alpha value is -2.54. The zero-order chi connectivity index (χ0) is 21.0. The summed E-state index contributed by atoms with van der Waals surface area (Å²) in [5.74, 6) is 2.65. The molecule has 0 unspecified atom stereocenters. The van der Waals surface area contributed by atoms with Crippen molar-refractivity contribution in [3.63, 3.8) is 0 Å². The lowest BCUT2D eigenvalue weighted by Crippen LogP contribution is -2.43. The minimum atomic E-state index is -1.51. The third kappa shape index (κ3) is 4.40. The van der Waals surface area contributed by atoms with Crippen LogP contribution in [0.25, 0.3) is 11.0 Å². The molecule has 1 fully saturated rings. The van der Waals surface area contributed by atoms with Gasteiger partial charge in [0.15, 0.2) is 5.60 Å². The average Bonchev–Trinajstić information content (AvgIpc) is 3.25. The molecule has 0 amide bonds. The zero-order valence-corrected chi connectivity index (χ0v) is 16.8. The smallest absolute Gasteiger partial charge is 0.434 e. The molecule has 0 bridgehead atoms. The summed E-state index contributed by atoms with van der Waals surface area (Å²) in [6.07, 6.45) is 7.60. The van der Waals surface area contributed by atoms with Crippen molar-refractivity contribution in [1.29, 1.82) is 0 Å². The summed E-state index contributed by atoms with van der Waals surface area (Å²) in [6, 6.07) is 1.72. The number of unbranched alkanes of at least 4 members (excludes halogenated alkanes) is 2. The molecule has 29 heavy (non-hydrogen) atoms. The standard InChI is InChI=1S/C19H23ClN4O5/c1-3-5-6-9-27-18(26)28-11-19(4-2)13(25)10-14(29-19)24-8-7-12-15(21)22-17(20)23-16(12)24/h2,7-8,13-14,25H,3,5-6,9-11H2,1H3,(H2,21,22,23)/t13-,14+,19+/m0/s1. The topological polar surface area (TPSA) is 122 Å². The van der Waals surface area contributed by atoms with Crippen molar-refractivity contribution in [3.05, 3.63) is 17.5 Å². The normalized spacial score (nSPS) is 23.8. The molecule has 0 spiro atoms. The van der Waals surface area contributed by atoms with Gasteiger partial charge in [0, 0.05) is 12.6 Å². The van der Waals surface area contributed by atoms with E-state index in [-0.39, 0.29) is 30.7 Å². The average molecular weight is 423 g/mol. The van der Waals surface area contributed by atoms with Crippen molar-refractivity contribution < 1.29 is 24.1 Å². The monoisotopic (exact) mass is 422 g/mol. The third-order valence-corrected chi connectivity index (χ3v) is 4.98. The Labute approximate surface area is 173 Å². The van der Waals surface area contributed by atoms with E-state index >= 15 is 0 Å². The molecule has 9 nitrogen and oxygen atoms in total. The number of nitrogens with zero attached hydrogens (tertiary/aromatic N) is 3. The van der Waals surface area contributed by atoms with Crippen molar-refractivity contribution in [1.82, 2.24) is 14.5 Å². The summed E-state index contributed by atoms with van der Waals surface area (Å²) in [5.41, 5.74) is 4.81. The Kier molecular flexibility index (Phi) is 6.47. The van der Waals surface area contributed by atoms with Crippen LogP contribution in [0.1, 0.15) is 38.8 Å². The second kappa shape index (κ2) is 8.86. The van der Waals surface area contributed by atoms with Crippen LogP contribution in [0.2, 0.25) is 5.28 Å². The van der Waals surface area contributed by atoms with Gasteiger partial charge in [-0.25, -0.2) is 9.78 Å². The van der Waals surface area contributed by atoms with Gasteiger partial charge in [-0.3, -0.25) is 0 Å². The number of aromatic nitrogens is 3. The van der Waals surface area contributed by atoms with Gasteiger partial charge in [-0.1, -0.05) is 25.7 Å². The van der Waals surface area contributed by atoms with Crippen LogP contribution in [0, 0.1) is 12.3 Å². The Bertz CT molecular complexity index is 927. The fraction of sp³-hybridized carbons (Fsp3) is 0.526. The molecule has 3 heterocycles. The molecule has 2 aromatic heterocycles. The van der Waals surface area contributed by atoms with Gasteiger partial charge in [0.05, 0.1) is 12.0 Å². The van der Waals surface area contributed by atoms with Gasteiger partial charge in [0.1, 0.15) is 30.4 Å². The minimum Gasteiger partial charge on any atom is -0.434 e. The number of terminal acetylenes is 1. The van der Waals surface area contributed by atoms with Crippen molar-refractivity contribution in [2.45, 2.75) is 50.5 Å². The first-order valence-electron chi connectivity index (χ1n) is 9.33. The Morgan fingerprint density at radius 1 is 1.52 bits per heavy atom. The van der Waals surface area contributed by atoms with Crippen molar-refractivity contribution in [3.8, 4) is 12.3 Å². The van der Waals surface area contributed by atoms with Crippen molar-refractivity contribution in [2.24, 2.45) is 0 Å². The summed E-state index contributed by atoms with van der Waals surface area (Å²) in [7, 11) is 0. The highest BCUT2D eigenvalue weighted by Crippen LogP contribution is 2.39. The molecular formula is C19H23ClN4O5. The third-order valence-electron chi connectivity index (χ3n) is 4.81. The van der Waals surface area contributed by atoms with Gasteiger partial charge >= 0.3 is 6.16 Å². The lowest BCUT2D eigenvalue weighted by molar-refractivity contribution is -0.0978. The molecule has 0 aromatic carbocycles. The molecule has 3 rings (SSSR count). The maximum atomic E-state index is 11.8. The number of rotatable bonds is 7.